The summed E-state index contributed by atoms with van der Waals surface area (Å²) in [5.74, 6) is 1.10. The highest BCUT2D eigenvalue weighted by atomic mass is 15.3. The van der Waals surface area contributed by atoms with E-state index in [1.54, 1.807) is 0 Å². The summed E-state index contributed by atoms with van der Waals surface area (Å²) in [6.45, 7) is 6.26. The maximum absolute atomic E-state index is 4.23. The molecular weight excluding hydrogens is 150 g/mol. The summed E-state index contributed by atoms with van der Waals surface area (Å²) in [7, 11) is 2.08. The van der Waals surface area contributed by atoms with E-state index in [0.29, 0.717) is 0 Å². The second-order valence-corrected chi connectivity index (χ2v) is 2.70. The molecule has 0 amide bonds. The lowest BCUT2D eigenvalue weighted by Gasteiger charge is -2.24. The molecule has 2 heterocycles. The van der Waals surface area contributed by atoms with Gasteiger partial charge in [-0.05, 0) is 6.42 Å². The molecule has 1 aliphatic heterocycles. The summed E-state index contributed by atoms with van der Waals surface area (Å²) in [6.07, 6.45) is 5.13. The molecule has 0 fully saturated rings. The second kappa shape index (κ2) is 4.14. The molecular formula is C9H17N3. The maximum Gasteiger partial charge on any atom is 0.205 e. The number of aromatic nitrogens is 2. The first-order valence-corrected chi connectivity index (χ1v) is 4.60. The van der Waals surface area contributed by atoms with Gasteiger partial charge >= 0.3 is 0 Å². The lowest BCUT2D eigenvalue weighted by molar-refractivity contribution is 0.579. The molecule has 2 rings (SSSR count). The molecule has 0 saturated heterocycles. The first-order chi connectivity index (χ1) is 5.88. The van der Waals surface area contributed by atoms with Crippen molar-refractivity contribution in [1.82, 2.24) is 9.55 Å². The third kappa shape index (κ3) is 1.60. The SMILES string of the molecule is CC.CN1CCCn2ccnc21. The van der Waals surface area contributed by atoms with Gasteiger partial charge in [-0.15, -0.1) is 0 Å². The molecule has 3 nitrogen and oxygen atoms in total. The van der Waals surface area contributed by atoms with E-state index in [-0.39, 0.29) is 0 Å². The molecule has 1 aromatic rings. The van der Waals surface area contributed by atoms with Gasteiger partial charge in [0, 0.05) is 32.5 Å². The number of hydrogen-bond acceptors (Lipinski definition) is 2. The Morgan fingerprint density at radius 3 is 2.75 bits per heavy atom. The van der Waals surface area contributed by atoms with Gasteiger partial charge in [-0.25, -0.2) is 4.98 Å². The third-order valence-electron chi connectivity index (χ3n) is 1.93. The van der Waals surface area contributed by atoms with Crippen LogP contribution in [0.15, 0.2) is 12.4 Å². The van der Waals surface area contributed by atoms with Crippen LogP contribution >= 0.6 is 0 Å². The van der Waals surface area contributed by atoms with Crippen molar-refractivity contribution >= 4 is 5.95 Å². The van der Waals surface area contributed by atoms with Crippen LogP contribution in [-0.2, 0) is 6.54 Å². The minimum absolute atomic E-state index is 1.10. The van der Waals surface area contributed by atoms with Gasteiger partial charge in [-0.3, -0.25) is 0 Å². The van der Waals surface area contributed by atoms with Crippen LogP contribution in [0, 0.1) is 0 Å². The van der Waals surface area contributed by atoms with E-state index in [4.69, 9.17) is 0 Å². The molecule has 1 aliphatic rings. The van der Waals surface area contributed by atoms with Crippen LogP contribution in [-0.4, -0.2) is 23.1 Å². The predicted octanol–water partition coefficient (Wildman–Crippen LogP) is 1.75. The zero-order chi connectivity index (χ0) is 8.97. The van der Waals surface area contributed by atoms with Crippen molar-refractivity contribution in [1.29, 1.82) is 0 Å². The normalized spacial score (nSPS) is 14.8. The zero-order valence-electron chi connectivity index (χ0n) is 8.12. The van der Waals surface area contributed by atoms with E-state index in [1.807, 2.05) is 26.2 Å². The molecule has 0 spiro atoms. The Bertz CT molecular complexity index is 229. The fourth-order valence-electron chi connectivity index (χ4n) is 1.39. The van der Waals surface area contributed by atoms with Crippen molar-refractivity contribution in [2.24, 2.45) is 0 Å². The molecule has 0 aliphatic carbocycles. The largest absolute Gasteiger partial charge is 0.345 e. The Kier molecular flexibility index (Phi) is 3.14. The minimum Gasteiger partial charge on any atom is -0.345 e. The molecule has 0 atom stereocenters. The molecule has 1 aromatic heterocycles. The Morgan fingerprint density at radius 1 is 1.33 bits per heavy atom. The van der Waals surface area contributed by atoms with Gasteiger partial charge in [0.2, 0.25) is 5.95 Å². The number of rotatable bonds is 0. The highest BCUT2D eigenvalue weighted by molar-refractivity contribution is 5.30. The fraction of sp³-hybridized carbons (Fsp3) is 0.667. The molecule has 0 bridgehead atoms. The Morgan fingerprint density at radius 2 is 2.08 bits per heavy atom. The Labute approximate surface area is 74.0 Å². The first-order valence-electron chi connectivity index (χ1n) is 4.60. The predicted molar refractivity (Wildman–Crippen MR) is 51.5 cm³/mol. The minimum atomic E-state index is 1.10. The zero-order valence-corrected chi connectivity index (χ0v) is 8.12. The lowest BCUT2D eigenvalue weighted by Crippen LogP contribution is -2.27. The van der Waals surface area contributed by atoms with Crippen LogP contribution in [0.3, 0.4) is 0 Å². The van der Waals surface area contributed by atoms with Crippen LogP contribution in [0.1, 0.15) is 20.3 Å². The standard InChI is InChI=1S/C7H11N3.C2H6/c1-9-4-2-5-10-6-3-8-7(9)10;1-2/h3,6H,2,4-5H2,1H3;1-2H3. The van der Waals surface area contributed by atoms with Crippen molar-refractivity contribution in [3.63, 3.8) is 0 Å². The summed E-state index contributed by atoms with van der Waals surface area (Å²) >= 11 is 0. The highest BCUT2D eigenvalue weighted by Crippen LogP contribution is 2.15. The summed E-state index contributed by atoms with van der Waals surface area (Å²) in [6, 6.07) is 0. The summed E-state index contributed by atoms with van der Waals surface area (Å²) in [4.78, 5) is 6.41. The van der Waals surface area contributed by atoms with Crippen LogP contribution in [0.4, 0.5) is 5.95 Å². The third-order valence-corrected chi connectivity index (χ3v) is 1.93. The van der Waals surface area contributed by atoms with Crippen LogP contribution < -0.4 is 4.90 Å². The van der Waals surface area contributed by atoms with Gasteiger partial charge in [0.25, 0.3) is 0 Å². The van der Waals surface area contributed by atoms with Gasteiger partial charge in [0.05, 0.1) is 0 Å². The molecule has 68 valence electrons. The van der Waals surface area contributed by atoms with Crippen molar-refractivity contribution in [2.45, 2.75) is 26.8 Å². The van der Waals surface area contributed by atoms with E-state index in [0.717, 1.165) is 19.0 Å². The van der Waals surface area contributed by atoms with E-state index in [2.05, 4.69) is 21.5 Å². The molecule has 0 N–H and O–H groups in total. The van der Waals surface area contributed by atoms with Crippen molar-refractivity contribution in [3.8, 4) is 0 Å². The lowest BCUT2D eigenvalue weighted by atomic mass is 10.3. The van der Waals surface area contributed by atoms with E-state index in [9.17, 15) is 0 Å². The quantitative estimate of drug-likeness (QED) is 0.587. The van der Waals surface area contributed by atoms with Crippen LogP contribution in [0.25, 0.3) is 0 Å². The number of hydrogen-bond donors (Lipinski definition) is 0. The summed E-state index contributed by atoms with van der Waals surface area (Å²) in [5.41, 5.74) is 0. The maximum atomic E-state index is 4.23. The number of imidazole rings is 1. The van der Waals surface area contributed by atoms with Crippen molar-refractivity contribution < 1.29 is 0 Å². The molecule has 0 aromatic carbocycles. The first kappa shape index (κ1) is 9.10. The Hall–Kier alpha value is -0.990. The van der Waals surface area contributed by atoms with E-state index in [1.165, 1.54) is 6.42 Å². The van der Waals surface area contributed by atoms with Gasteiger partial charge < -0.3 is 9.47 Å². The second-order valence-electron chi connectivity index (χ2n) is 2.70. The van der Waals surface area contributed by atoms with Gasteiger partial charge in [-0.2, -0.15) is 0 Å². The Balaban J connectivity index is 0.000000336. The topological polar surface area (TPSA) is 21.1 Å². The van der Waals surface area contributed by atoms with Gasteiger partial charge in [-0.1, -0.05) is 13.8 Å². The smallest absolute Gasteiger partial charge is 0.205 e. The fourth-order valence-corrected chi connectivity index (χ4v) is 1.39. The van der Waals surface area contributed by atoms with E-state index < -0.39 is 0 Å². The summed E-state index contributed by atoms with van der Waals surface area (Å²) in [5, 5.41) is 0. The number of nitrogens with zero attached hydrogens (tertiary/aromatic N) is 3. The average molecular weight is 167 g/mol. The molecule has 3 heteroatoms. The highest BCUT2D eigenvalue weighted by Gasteiger charge is 2.12. The average Bonchev–Trinajstić information content (AvgIpc) is 2.57. The monoisotopic (exact) mass is 167 g/mol. The molecule has 0 radical (unpaired) electrons. The van der Waals surface area contributed by atoms with Gasteiger partial charge in [0.1, 0.15) is 0 Å². The molecule has 0 unspecified atom stereocenters. The molecule has 12 heavy (non-hydrogen) atoms. The van der Waals surface area contributed by atoms with Crippen LogP contribution in [0.5, 0.6) is 0 Å². The van der Waals surface area contributed by atoms with Crippen molar-refractivity contribution in [2.75, 3.05) is 18.5 Å². The molecule has 0 saturated carbocycles. The number of aryl methyl sites for hydroxylation is 1. The van der Waals surface area contributed by atoms with Gasteiger partial charge in [0.15, 0.2) is 0 Å². The van der Waals surface area contributed by atoms with Crippen LogP contribution in [0.2, 0.25) is 0 Å². The number of anilines is 1. The number of fused-ring (bicyclic) bond motifs is 1. The van der Waals surface area contributed by atoms with Crippen molar-refractivity contribution in [3.05, 3.63) is 12.4 Å². The summed E-state index contributed by atoms with van der Waals surface area (Å²) < 4.78 is 2.18. The van der Waals surface area contributed by atoms with E-state index >= 15 is 0 Å².